The Bertz CT molecular complexity index is 1130. The van der Waals surface area contributed by atoms with E-state index in [2.05, 4.69) is 34.9 Å². The number of amides is 1. The van der Waals surface area contributed by atoms with Crippen molar-refractivity contribution < 1.29 is 23.4 Å². The first-order valence-electron chi connectivity index (χ1n) is 13.2. The molecule has 0 unspecified atom stereocenters. The number of hydrogen-bond acceptors (Lipinski definition) is 3. The Balaban J connectivity index is 0.00000180. The van der Waals surface area contributed by atoms with Crippen molar-refractivity contribution >= 4 is 16.9 Å². The van der Waals surface area contributed by atoms with Gasteiger partial charge in [-0.2, -0.15) is 0 Å². The van der Waals surface area contributed by atoms with E-state index < -0.39 is 5.54 Å². The van der Waals surface area contributed by atoms with Gasteiger partial charge >= 0.3 is 1.43 Å². The van der Waals surface area contributed by atoms with Crippen LogP contribution in [0, 0.1) is 11.8 Å². The lowest BCUT2D eigenvalue weighted by Gasteiger charge is -2.48. The molecule has 2 saturated carbocycles. The number of halogens is 1. The molecule has 5 nitrogen and oxygen atoms in total. The lowest BCUT2D eigenvalue weighted by atomic mass is 9.63. The maximum atomic E-state index is 13.9. The lowest BCUT2D eigenvalue weighted by molar-refractivity contribution is -0.135. The summed E-state index contributed by atoms with van der Waals surface area (Å²) in [7, 11) is 0. The largest absolute Gasteiger partial charge is 1.00 e. The Labute approximate surface area is 216 Å². The maximum Gasteiger partial charge on any atom is 1.00 e. The van der Waals surface area contributed by atoms with Crippen LogP contribution in [0.3, 0.4) is 0 Å². The first-order chi connectivity index (χ1) is 16.7. The molecule has 0 aliphatic heterocycles. The molecule has 1 heterocycles. The van der Waals surface area contributed by atoms with Gasteiger partial charge in [-0.25, -0.2) is 4.98 Å². The zero-order chi connectivity index (χ0) is 23.5. The predicted octanol–water partition coefficient (Wildman–Crippen LogP) is 3.56. The van der Waals surface area contributed by atoms with E-state index in [9.17, 15) is 4.79 Å². The molecule has 3 aromatic rings. The van der Waals surface area contributed by atoms with Crippen LogP contribution in [0.15, 0.2) is 48.5 Å². The van der Waals surface area contributed by atoms with Crippen LogP contribution in [0.4, 0.5) is 0 Å². The summed E-state index contributed by atoms with van der Waals surface area (Å²) in [5.74, 6) is 1.93. The van der Waals surface area contributed by atoms with E-state index in [1.165, 1.54) is 12.8 Å². The standard InChI is InChI=1S/C29H37N3O2.ClH/c1-2-34-24-17-11-12-21(20-24)27-31-25-18-9-10-19-26(25)32(27)29(28(30)33,22-13-5-3-6-14-22)23-15-7-4-8-16-23;/h9-12,17-20,22-23H,2-8,13-16H2,1H3,(H2,30,33);1H. The summed E-state index contributed by atoms with van der Waals surface area (Å²) in [6.07, 6.45) is 11.3. The number of fused-ring (bicyclic) bond motifs is 1. The zero-order valence-corrected chi connectivity index (χ0v) is 21.5. The minimum Gasteiger partial charge on any atom is -1.00 e. The number of aromatic nitrogens is 2. The number of hydrogen-bond donors (Lipinski definition) is 1. The molecule has 188 valence electrons. The summed E-state index contributed by atoms with van der Waals surface area (Å²) >= 11 is 0. The Kier molecular flexibility index (Phi) is 8.05. The third-order valence-electron chi connectivity index (χ3n) is 8.18. The minimum absolute atomic E-state index is 0. The third kappa shape index (κ3) is 4.55. The summed E-state index contributed by atoms with van der Waals surface area (Å²) in [5.41, 5.74) is 8.65. The predicted molar refractivity (Wildman–Crippen MR) is 138 cm³/mol. The van der Waals surface area contributed by atoms with Crippen LogP contribution >= 0.6 is 0 Å². The van der Waals surface area contributed by atoms with E-state index in [1.54, 1.807) is 0 Å². The molecule has 1 aromatic heterocycles. The van der Waals surface area contributed by atoms with Gasteiger partial charge in [-0.05, 0) is 68.7 Å². The highest BCUT2D eigenvalue weighted by molar-refractivity contribution is 5.90. The van der Waals surface area contributed by atoms with E-state index in [0.717, 1.165) is 79.5 Å². The van der Waals surface area contributed by atoms with E-state index >= 15 is 0 Å². The summed E-state index contributed by atoms with van der Waals surface area (Å²) in [6.45, 7) is 2.60. The fourth-order valence-corrected chi connectivity index (χ4v) is 6.78. The van der Waals surface area contributed by atoms with Crippen molar-refractivity contribution in [1.29, 1.82) is 0 Å². The summed E-state index contributed by atoms with van der Waals surface area (Å²) < 4.78 is 8.10. The van der Waals surface area contributed by atoms with Crippen LogP contribution in [-0.2, 0) is 10.3 Å². The van der Waals surface area contributed by atoms with Gasteiger partial charge in [-0.15, -0.1) is 0 Å². The van der Waals surface area contributed by atoms with Gasteiger partial charge in [-0.1, -0.05) is 62.8 Å². The Morgan fingerprint density at radius 3 is 2.23 bits per heavy atom. The van der Waals surface area contributed by atoms with E-state index in [1.807, 2.05) is 25.1 Å². The van der Waals surface area contributed by atoms with Crippen molar-refractivity contribution in [3.05, 3.63) is 48.5 Å². The topological polar surface area (TPSA) is 70.1 Å². The van der Waals surface area contributed by atoms with Gasteiger partial charge in [-0.3, -0.25) is 4.79 Å². The molecule has 0 saturated heterocycles. The molecular formula is C29H38ClN3O2. The van der Waals surface area contributed by atoms with Crippen molar-refractivity contribution in [3.63, 3.8) is 0 Å². The van der Waals surface area contributed by atoms with Crippen molar-refractivity contribution in [2.45, 2.75) is 76.7 Å². The van der Waals surface area contributed by atoms with Crippen molar-refractivity contribution in [2.75, 3.05) is 6.61 Å². The van der Waals surface area contributed by atoms with Crippen LogP contribution in [0.5, 0.6) is 5.75 Å². The van der Waals surface area contributed by atoms with Gasteiger partial charge < -0.3 is 27.4 Å². The van der Waals surface area contributed by atoms with Crippen LogP contribution < -0.4 is 22.9 Å². The monoisotopic (exact) mass is 495 g/mol. The molecule has 2 aromatic carbocycles. The molecule has 35 heavy (non-hydrogen) atoms. The number of nitrogens with zero attached hydrogens (tertiary/aromatic N) is 2. The average molecular weight is 496 g/mol. The first kappa shape index (κ1) is 25.6. The first-order valence-corrected chi connectivity index (χ1v) is 13.2. The molecule has 0 radical (unpaired) electrons. The van der Waals surface area contributed by atoms with Crippen molar-refractivity contribution in [3.8, 4) is 17.1 Å². The maximum absolute atomic E-state index is 13.9. The number of nitrogens with two attached hydrogens (primary N) is 1. The highest BCUT2D eigenvalue weighted by atomic mass is 35.5. The van der Waals surface area contributed by atoms with Crippen LogP contribution in [0.25, 0.3) is 22.4 Å². The van der Waals surface area contributed by atoms with Gasteiger partial charge in [0, 0.05) is 5.56 Å². The molecule has 2 aliphatic carbocycles. The number of rotatable bonds is 7. The van der Waals surface area contributed by atoms with Gasteiger partial charge in [0.05, 0.1) is 17.6 Å². The quantitative estimate of drug-likeness (QED) is 0.544. The molecule has 2 aliphatic rings. The highest BCUT2D eigenvalue weighted by Crippen LogP contribution is 2.50. The highest BCUT2D eigenvalue weighted by Gasteiger charge is 2.53. The SMILES string of the molecule is CCOc1cccc(-c2nc3ccccc3n2C(C(N)=O)(C2CCCCC2)C2CCCCC2)c1.[Cl-].[H+]. The van der Waals surface area contributed by atoms with E-state index in [0.29, 0.717) is 6.61 Å². The fourth-order valence-electron chi connectivity index (χ4n) is 6.78. The lowest BCUT2D eigenvalue weighted by Crippen LogP contribution is -3.00. The second kappa shape index (κ2) is 11.0. The van der Waals surface area contributed by atoms with Crippen LogP contribution in [0.1, 0.15) is 72.6 Å². The number of carbonyl (C=O) groups is 1. The van der Waals surface area contributed by atoms with Crippen LogP contribution in [-0.4, -0.2) is 22.1 Å². The minimum atomic E-state index is -0.770. The zero-order valence-electron chi connectivity index (χ0n) is 21.7. The van der Waals surface area contributed by atoms with E-state index in [-0.39, 0.29) is 31.6 Å². The van der Waals surface area contributed by atoms with Crippen LogP contribution in [0.2, 0.25) is 0 Å². The second-order valence-electron chi connectivity index (χ2n) is 10.1. The van der Waals surface area contributed by atoms with Gasteiger partial charge in [0.15, 0.2) is 0 Å². The molecule has 0 atom stereocenters. The molecule has 6 heteroatoms. The summed E-state index contributed by atoms with van der Waals surface area (Å²) in [6, 6.07) is 16.3. The number of carbonyl (C=O) groups excluding carboxylic acids is 1. The molecule has 2 N–H and O–H groups in total. The number of benzene rings is 2. The smallest absolute Gasteiger partial charge is 1.00 e. The number of imidazole rings is 1. The van der Waals surface area contributed by atoms with Gasteiger partial charge in [0.1, 0.15) is 17.1 Å². The third-order valence-corrected chi connectivity index (χ3v) is 8.18. The van der Waals surface area contributed by atoms with Crippen molar-refractivity contribution in [2.24, 2.45) is 17.6 Å². The fraction of sp³-hybridized carbons (Fsp3) is 0.517. The van der Waals surface area contributed by atoms with Gasteiger partial charge in [0.25, 0.3) is 0 Å². The Morgan fingerprint density at radius 1 is 1.00 bits per heavy atom. The Morgan fingerprint density at radius 2 is 1.63 bits per heavy atom. The van der Waals surface area contributed by atoms with Gasteiger partial charge in [0.2, 0.25) is 5.91 Å². The van der Waals surface area contributed by atoms with E-state index in [4.69, 9.17) is 15.5 Å². The second-order valence-corrected chi connectivity index (χ2v) is 10.1. The molecule has 5 rings (SSSR count). The number of para-hydroxylation sites is 2. The summed E-state index contributed by atoms with van der Waals surface area (Å²) in [4.78, 5) is 19.0. The number of ether oxygens (including phenoxy) is 1. The Hall–Kier alpha value is -2.53. The molecule has 0 spiro atoms. The molecular weight excluding hydrogens is 458 g/mol. The van der Waals surface area contributed by atoms with Crippen molar-refractivity contribution in [1.82, 2.24) is 9.55 Å². The molecule has 1 amide bonds. The molecule has 0 bridgehead atoms. The summed E-state index contributed by atoms with van der Waals surface area (Å²) in [5, 5.41) is 0. The normalized spacial score (nSPS) is 17.7. The molecule has 2 fully saturated rings. The number of primary amides is 1. The average Bonchev–Trinajstić information content (AvgIpc) is 3.26.